The normalized spacial score (nSPS) is 23.7. The van der Waals surface area contributed by atoms with Gasteiger partial charge in [0.1, 0.15) is 5.82 Å². The van der Waals surface area contributed by atoms with Crippen LogP contribution >= 0.6 is 0 Å². The molecule has 5 aromatic rings. The van der Waals surface area contributed by atoms with Crippen molar-refractivity contribution in [2.45, 2.75) is 75.4 Å². The molecule has 3 aromatic carbocycles. The summed E-state index contributed by atoms with van der Waals surface area (Å²) in [5, 5.41) is 1.14. The molecule has 2 aromatic heterocycles. The third-order valence-electron chi connectivity index (χ3n) is 11.0. The molecule has 0 aliphatic carbocycles. The topological polar surface area (TPSA) is 57.2 Å². The summed E-state index contributed by atoms with van der Waals surface area (Å²) in [5.74, 6) is 1.30. The number of H-pyrrole nitrogens is 1. The van der Waals surface area contributed by atoms with Crippen LogP contribution in [-0.2, 0) is 5.41 Å². The van der Waals surface area contributed by atoms with Crippen molar-refractivity contribution < 1.29 is 4.79 Å². The number of aryl methyl sites for hydroxylation is 1. The smallest absolute Gasteiger partial charge is 0.253 e. The molecule has 3 aliphatic heterocycles. The molecule has 0 unspecified atom stereocenters. The van der Waals surface area contributed by atoms with E-state index in [4.69, 9.17) is 4.98 Å². The van der Waals surface area contributed by atoms with Crippen molar-refractivity contribution in [3.63, 3.8) is 0 Å². The van der Waals surface area contributed by atoms with Crippen LogP contribution in [0.5, 0.6) is 0 Å². The van der Waals surface area contributed by atoms with Crippen molar-refractivity contribution >= 4 is 27.8 Å². The highest BCUT2D eigenvalue weighted by molar-refractivity contribution is 5.98. The number of nitrogens with zero attached hydrogens (tertiary/aromatic N) is 4. The fourth-order valence-electron chi connectivity index (χ4n) is 8.77. The first kappa shape index (κ1) is 26.7. The molecule has 3 fully saturated rings. The van der Waals surface area contributed by atoms with Gasteiger partial charge in [-0.15, -0.1) is 0 Å². The maximum absolute atomic E-state index is 13.5. The number of hydrogen-bond donors (Lipinski definition) is 1. The number of imidazole rings is 1. The second-order valence-electron chi connectivity index (χ2n) is 13.2. The molecule has 2 bridgehead atoms. The Morgan fingerprint density at radius 2 is 1.65 bits per heavy atom. The summed E-state index contributed by atoms with van der Waals surface area (Å²) >= 11 is 0. The van der Waals surface area contributed by atoms with Crippen molar-refractivity contribution in [1.82, 2.24) is 24.3 Å². The predicted molar refractivity (Wildman–Crippen MR) is 172 cm³/mol. The second-order valence-corrected chi connectivity index (χ2v) is 13.2. The van der Waals surface area contributed by atoms with E-state index in [2.05, 4.69) is 80.9 Å². The summed E-state index contributed by atoms with van der Waals surface area (Å²) < 4.78 is 2.53. The molecule has 6 heteroatoms. The van der Waals surface area contributed by atoms with Crippen LogP contribution in [0, 0.1) is 6.92 Å². The van der Waals surface area contributed by atoms with E-state index in [1.807, 2.05) is 30.5 Å². The van der Waals surface area contributed by atoms with E-state index in [9.17, 15) is 4.79 Å². The Hall–Kier alpha value is -3.90. The highest BCUT2D eigenvalue weighted by Gasteiger charge is 2.44. The Balaban J connectivity index is 0.980. The number of aromatic amines is 1. The first-order valence-corrected chi connectivity index (χ1v) is 16.2. The van der Waals surface area contributed by atoms with E-state index in [1.54, 1.807) is 0 Å². The van der Waals surface area contributed by atoms with Crippen molar-refractivity contribution in [2.75, 3.05) is 19.6 Å². The average molecular weight is 572 g/mol. The van der Waals surface area contributed by atoms with E-state index in [-0.39, 0.29) is 11.3 Å². The Kier molecular flexibility index (Phi) is 6.63. The zero-order valence-corrected chi connectivity index (χ0v) is 25.1. The Bertz CT molecular complexity index is 1750. The number of benzene rings is 3. The first-order valence-electron chi connectivity index (χ1n) is 16.2. The van der Waals surface area contributed by atoms with Crippen LogP contribution in [0.1, 0.15) is 72.7 Å². The minimum atomic E-state index is 0.106. The average Bonchev–Trinajstić information content (AvgIpc) is 3.72. The van der Waals surface area contributed by atoms with Crippen LogP contribution in [0.25, 0.3) is 21.9 Å². The van der Waals surface area contributed by atoms with E-state index >= 15 is 0 Å². The van der Waals surface area contributed by atoms with Crippen LogP contribution < -0.4 is 0 Å². The zero-order valence-electron chi connectivity index (χ0n) is 25.1. The molecular formula is C37H41N5O. The van der Waals surface area contributed by atoms with Crippen molar-refractivity contribution in [3.05, 3.63) is 102 Å². The number of para-hydroxylation sites is 2. The quantitative estimate of drug-likeness (QED) is 0.233. The summed E-state index contributed by atoms with van der Waals surface area (Å²) in [6.45, 7) is 4.92. The summed E-state index contributed by atoms with van der Waals surface area (Å²) in [7, 11) is 0. The number of likely N-dealkylation sites (tertiary alicyclic amines) is 1. The maximum atomic E-state index is 13.5. The number of rotatable bonds is 6. The van der Waals surface area contributed by atoms with Gasteiger partial charge in [-0.1, -0.05) is 48.5 Å². The molecule has 1 N–H and O–H groups in total. The lowest BCUT2D eigenvalue weighted by molar-refractivity contribution is 0.0607. The number of piperidine rings is 2. The number of nitrogens with one attached hydrogen (secondary N) is 1. The van der Waals surface area contributed by atoms with Crippen LogP contribution in [0.4, 0.5) is 0 Å². The largest absolute Gasteiger partial charge is 0.361 e. The van der Waals surface area contributed by atoms with Crippen LogP contribution in [0.2, 0.25) is 0 Å². The SMILES string of the molecule is Cc1nc2ccccc2n1[C@H]1C[C@H]2CC[C@@H](C1)N2CCC1(c2ccccc2)CCN(C(=O)c2ccc3cc[nH]c3c2)CC1. The standard InChI is InChI=1S/C37H41N5O/c1-26-39-33-9-5-6-10-35(33)42(26)32-24-30-13-14-31(25-32)41(30)22-18-37(29-7-3-2-4-8-29)16-20-40(21-17-37)36(43)28-12-11-27-15-19-38-34(27)23-28/h2-12,15,19,23,30-32,38H,13-14,16-18,20-22,24-25H2,1H3/t30-,31+,32+. The Morgan fingerprint density at radius 1 is 0.907 bits per heavy atom. The fraction of sp³-hybridized carbons (Fsp3) is 0.405. The molecular weight excluding hydrogens is 530 g/mol. The minimum Gasteiger partial charge on any atom is -0.361 e. The molecule has 3 atom stereocenters. The molecule has 8 rings (SSSR count). The van der Waals surface area contributed by atoms with Crippen LogP contribution in [-0.4, -0.2) is 62.0 Å². The molecule has 0 saturated carbocycles. The van der Waals surface area contributed by atoms with Crippen LogP contribution in [0.15, 0.2) is 85.1 Å². The van der Waals surface area contributed by atoms with Gasteiger partial charge in [0.2, 0.25) is 0 Å². The van der Waals surface area contributed by atoms with E-state index in [0.717, 1.165) is 66.7 Å². The molecule has 3 aliphatic rings. The van der Waals surface area contributed by atoms with Crippen molar-refractivity contribution in [1.29, 1.82) is 0 Å². The van der Waals surface area contributed by atoms with Crippen molar-refractivity contribution in [2.24, 2.45) is 0 Å². The lowest BCUT2D eigenvalue weighted by Crippen LogP contribution is -2.49. The van der Waals surface area contributed by atoms with Gasteiger partial charge in [-0.3, -0.25) is 9.69 Å². The van der Waals surface area contributed by atoms with Crippen molar-refractivity contribution in [3.8, 4) is 0 Å². The summed E-state index contributed by atoms with van der Waals surface area (Å²) in [4.78, 5) is 26.6. The maximum Gasteiger partial charge on any atom is 0.253 e. The molecule has 6 nitrogen and oxygen atoms in total. The van der Waals surface area contributed by atoms with E-state index < -0.39 is 0 Å². The highest BCUT2D eigenvalue weighted by Crippen LogP contribution is 2.45. The number of hydrogen-bond acceptors (Lipinski definition) is 3. The second kappa shape index (κ2) is 10.7. The van der Waals surface area contributed by atoms with Crippen LogP contribution in [0.3, 0.4) is 0 Å². The van der Waals surface area contributed by atoms with Gasteiger partial charge in [0.15, 0.2) is 0 Å². The van der Waals surface area contributed by atoms with E-state index in [0.29, 0.717) is 18.1 Å². The zero-order chi connectivity index (χ0) is 29.0. The third kappa shape index (κ3) is 4.67. The minimum absolute atomic E-state index is 0.106. The number of aromatic nitrogens is 3. The van der Waals surface area contributed by atoms with Gasteiger partial charge in [-0.25, -0.2) is 4.98 Å². The third-order valence-corrected chi connectivity index (χ3v) is 11.0. The molecule has 5 heterocycles. The molecule has 43 heavy (non-hydrogen) atoms. The van der Waals surface area contributed by atoms with Gasteiger partial charge in [0, 0.05) is 48.5 Å². The lowest BCUT2D eigenvalue weighted by Gasteiger charge is -2.45. The van der Waals surface area contributed by atoms with Gasteiger partial charge in [-0.2, -0.15) is 0 Å². The van der Waals surface area contributed by atoms with Gasteiger partial charge in [0.25, 0.3) is 5.91 Å². The lowest BCUT2D eigenvalue weighted by atomic mass is 9.70. The number of carbonyl (C=O) groups excluding carboxylic acids is 1. The highest BCUT2D eigenvalue weighted by atomic mass is 16.2. The van der Waals surface area contributed by atoms with Gasteiger partial charge in [0.05, 0.1) is 11.0 Å². The van der Waals surface area contributed by atoms with Gasteiger partial charge < -0.3 is 14.5 Å². The van der Waals surface area contributed by atoms with Gasteiger partial charge >= 0.3 is 0 Å². The summed E-state index contributed by atoms with van der Waals surface area (Å²) in [6, 6.07) is 29.7. The molecule has 3 saturated heterocycles. The van der Waals surface area contributed by atoms with Gasteiger partial charge in [-0.05, 0) is 105 Å². The molecule has 0 radical (unpaired) electrons. The molecule has 220 valence electrons. The number of carbonyl (C=O) groups is 1. The van der Waals surface area contributed by atoms with E-state index in [1.165, 1.54) is 36.8 Å². The number of amides is 1. The first-order chi connectivity index (χ1) is 21.1. The molecule has 0 spiro atoms. The predicted octanol–water partition coefficient (Wildman–Crippen LogP) is 7.26. The summed E-state index contributed by atoms with van der Waals surface area (Å²) in [5.41, 5.74) is 5.76. The number of fused-ring (bicyclic) bond motifs is 4. The summed E-state index contributed by atoms with van der Waals surface area (Å²) in [6.07, 6.45) is 10.1. The fourth-order valence-corrected chi connectivity index (χ4v) is 8.77. The monoisotopic (exact) mass is 571 g/mol. The Labute approximate surface area is 253 Å². The Morgan fingerprint density at radius 3 is 2.44 bits per heavy atom. The molecule has 1 amide bonds.